The summed E-state index contributed by atoms with van der Waals surface area (Å²) in [4.78, 5) is 34.9. The molecule has 0 aromatic carbocycles. The number of nitrogens with zero attached hydrogens (tertiary/aromatic N) is 2. The van der Waals surface area contributed by atoms with E-state index in [0.717, 1.165) is 25.0 Å². The molecule has 1 fully saturated rings. The van der Waals surface area contributed by atoms with Crippen LogP contribution in [0.3, 0.4) is 0 Å². The van der Waals surface area contributed by atoms with Gasteiger partial charge >= 0.3 is 5.97 Å². The van der Waals surface area contributed by atoms with Crippen LogP contribution in [0.4, 0.5) is 0 Å². The lowest BCUT2D eigenvalue weighted by Gasteiger charge is -2.35. The fourth-order valence-electron chi connectivity index (χ4n) is 3.67. The van der Waals surface area contributed by atoms with E-state index in [4.69, 9.17) is 4.74 Å². The highest BCUT2D eigenvalue weighted by molar-refractivity contribution is 6.00. The van der Waals surface area contributed by atoms with Crippen LogP contribution in [0.2, 0.25) is 0 Å². The Balaban J connectivity index is 1.93. The number of nitrogens with one attached hydrogen (secondary N) is 1. The molecule has 0 aliphatic carbocycles. The number of H-pyrrole nitrogens is 1. The number of carbonyl (C=O) groups excluding carboxylic acids is 2. The molecule has 1 atom stereocenters. The summed E-state index contributed by atoms with van der Waals surface area (Å²) in [6, 6.07) is 5.75. The molecule has 1 saturated heterocycles. The van der Waals surface area contributed by atoms with Crippen LogP contribution in [-0.4, -0.2) is 39.9 Å². The van der Waals surface area contributed by atoms with E-state index in [0.29, 0.717) is 35.7 Å². The van der Waals surface area contributed by atoms with Gasteiger partial charge in [0, 0.05) is 18.4 Å². The molecular weight excluding hydrogens is 330 g/mol. The molecule has 0 saturated carbocycles. The minimum absolute atomic E-state index is 0.0356. The number of aromatic amines is 1. The molecule has 1 aliphatic heterocycles. The lowest BCUT2D eigenvalue weighted by Crippen LogP contribution is -2.39. The first-order chi connectivity index (χ1) is 12.5. The van der Waals surface area contributed by atoms with Crippen LogP contribution in [0.1, 0.15) is 70.0 Å². The highest BCUT2D eigenvalue weighted by atomic mass is 16.5. The van der Waals surface area contributed by atoms with Crippen molar-refractivity contribution < 1.29 is 14.3 Å². The van der Waals surface area contributed by atoms with Gasteiger partial charge in [-0.1, -0.05) is 6.07 Å². The van der Waals surface area contributed by atoms with Crippen LogP contribution >= 0.6 is 0 Å². The van der Waals surface area contributed by atoms with Crippen LogP contribution in [-0.2, 0) is 4.74 Å². The quantitative estimate of drug-likeness (QED) is 0.851. The highest BCUT2D eigenvalue weighted by Gasteiger charge is 2.32. The summed E-state index contributed by atoms with van der Waals surface area (Å²) in [6.45, 7) is 6.35. The van der Waals surface area contributed by atoms with Crippen molar-refractivity contribution in [1.29, 1.82) is 0 Å². The summed E-state index contributed by atoms with van der Waals surface area (Å²) in [7, 11) is 0. The van der Waals surface area contributed by atoms with E-state index in [9.17, 15) is 9.59 Å². The average Bonchev–Trinajstić information content (AvgIpc) is 2.96. The molecule has 1 aliphatic rings. The molecule has 6 nitrogen and oxygen atoms in total. The van der Waals surface area contributed by atoms with Crippen molar-refractivity contribution in [3.63, 3.8) is 0 Å². The Morgan fingerprint density at radius 3 is 2.81 bits per heavy atom. The van der Waals surface area contributed by atoms with Crippen LogP contribution in [0.5, 0.6) is 0 Å². The van der Waals surface area contributed by atoms with Gasteiger partial charge in [0.05, 0.1) is 23.9 Å². The topological polar surface area (TPSA) is 75.3 Å². The summed E-state index contributed by atoms with van der Waals surface area (Å²) in [6.07, 6.45) is 4.70. The Hall–Kier alpha value is -2.63. The third-order valence-electron chi connectivity index (χ3n) is 4.92. The zero-order chi connectivity index (χ0) is 18.7. The molecule has 2 aromatic heterocycles. The normalized spacial score (nSPS) is 17.2. The molecule has 0 radical (unpaired) electrons. The molecule has 3 heterocycles. The minimum atomic E-state index is -0.391. The molecule has 138 valence electrons. The summed E-state index contributed by atoms with van der Waals surface area (Å²) < 4.78 is 5.12. The molecular formula is C20H25N3O3. The second-order valence-electron chi connectivity index (χ2n) is 6.61. The highest BCUT2D eigenvalue weighted by Crippen LogP contribution is 2.32. The number of ether oxygens (including phenoxy) is 1. The van der Waals surface area contributed by atoms with Crippen molar-refractivity contribution in [2.45, 2.75) is 46.1 Å². The van der Waals surface area contributed by atoms with E-state index in [-0.39, 0.29) is 11.9 Å². The molecule has 1 N–H and O–H groups in total. The summed E-state index contributed by atoms with van der Waals surface area (Å²) >= 11 is 0. The van der Waals surface area contributed by atoms with Crippen molar-refractivity contribution in [3.8, 4) is 0 Å². The first kappa shape index (κ1) is 18.2. The monoisotopic (exact) mass is 355 g/mol. The number of hydrogen-bond acceptors (Lipinski definition) is 4. The van der Waals surface area contributed by atoms with Gasteiger partial charge in [-0.15, -0.1) is 0 Å². The Bertz CT molecular complexity index is 798. The number of carbonyl (C=O) groups is 2. The maximum atomic E-state index is 13.3. The van der Waals surface area contributed by atoms with Crippen molar-refractivity contribution in [2.75, 3.05) is 13.2 Å². The van der Waals surface area contributed by atoms with Crippen LogP contribution in [0, 0.1) is 13.8 Å². The molecule has 26 heavy (non-hydrogen) atoms. The van der Waals surface area contributed by atoms with Crippen molar-refractivity contribution in [3.05, 3.63) is 52.6 Å². The maximum absolute atomic E-state index is 13.3. The smallest absolute Gasteiger partial charge is 0.340 e. The van der Waals surface area contributed by atoms with E-state index >= 15 is 0 Å². The Kier molecular flexibility index (Phi) is 5.40. The summed E-state index contributed by atoms with van der Waals surface area (Å²) in [5, 5.41) is 0. The molecule has 0 spiro atoms. The number of hydrogen-bond donors (Lipinski definition) is 1. The number of piperidine rings is 1. The predicted octanol–water partition coefficient (Wildman–Crippen LogP) is 3.57. The predicted molar refractivity (Wildman–Crippen MR) is 98.1 cm³/mol. The second kappa shape index (κ2) is 7.72. The number of aromatic nitrogens is 2. The maximum Gasteiger partial charge on any atom is 0.340 e. The fraction of sp³-hybridized carbons (Fsp3) is 0.450. The zero-order valence-electron chi connectivity index (χ0n) is 15.5. The summed E-state index contributed by atoms with van der Waals surface area (Å²) in [5.74, 6) is -0.478. The Morgan fingerprint density at radius 2 is 2.12 bits per heavy atom. The SMILES string of the molecule is CCOC(=O)c1c(C)[nH]c(C(=O)N2CCCC[C@H]2c2ccccn2)c1C. The van der Waals surface area contributed by atoms with E-state index in [1.165, 1.54) is 0 Å². The van der Waals surface area contributed by atoms with Gasteiger partial charge in [-0.2, -0.15) is 0 Å². The second-order valence-corrected chi connectivity index (χ2v) is 6.61. The van der Waals surface area contributed by atoms with E-state index in [2.05, 4.69) is 9.97 Å². The van der Waals surface area contributed by atoms with Gasteiger partial charge in [0.2, 0.25) is 0 Å². The molecule has 3 rings (SSSR count). The van der Waals surface area contributed by atoms with Gasteiger partial charge in [-0.3, -0.25) is 9.78 Å². The zero-order valence-corrected chi connectivity index (χ0v) is 15.5. The number of esters is 1. The molecule has 1 amide bonds. The van der Waals surface area contributed by atoms with Gasteiger partial charge in [0.1, 0.15) is 5.69 Å². The van der Waals surface area contributed by atoms with E-state index in [1.54, 1.807) is 27.0 Å². The molecule has 0 unspecified atom stereocenters. The van der Waals surface area contributed by atoms with Crippen molar-refractivity contribution in [2.24, 2.45) is 0 Å². The third-order valence-corrected chi connectivity index (χ3v) is 4.92. The lowest BCUT2D eigenvalue weighted by molar-refractivity contribution is 0.0525. The molecule has 2 aromatic rings. The Labute approximate surface area is 153 Å². The number of aryl methyl sites for hydroxylation is 1. The number of likely N-dealkylation sites (tertiary alicyclic amines) is 1. The van der Waals surface area contributed by atoms with E-state index in [1.807, 2.05) is 23.1 Å². The largest absolute Gasteiger partial charge is 0.462 e. The molecule has 6 heteroatoms. The van der Waals surface area contributed by atoms with E-state index < -0.39 is 5.97 Å². The number of pyridine rings is 1. The summed E-state index contributed by atoms with van der Waals surface area (Å²) in [5.41, 5.74) is 3.15. The van der Waals surface area contributed by atoms with Crippen LogP contribution < -0.4 is 0 Å². The molecule has 0 bridgehead atoms. The first-order valence-corrected chi connectivity index (χ1v) is 9.12. The minimum Gasteiger partial charge on any atom is -0.462 e. The van der Waals surface area contributed by atoms with Crippen molar-refractivity contribution >= 4 is 11.9 Å². The van der Waals surface area contributed by atoms with Crippen LogP contribution in [0.15, 0.2) is 24.4 Å². The van der Waals surface area contributed by atoms with Gasteiger partial charge in [0.15, 0.2) is 0 Å². The Morgan fingerprint density at radius 1 is 1.31 bits per heavy atom. The number of amides is 1. The third kappa shape index (κ3) is 3.36. The average molecular weight is 355 g/mol. The standard InChI is InChI=1S/C20H25N3O3/c1-4-26-20(25)17-13(2)18(22-14(17)3)19(24)23-12-8-6-10-16(23)15-9-5-7-11-21-15/h5,7,9,11,16,22H,4,6,8,10,12H2,1-3H3/t16-/m0/s1. The van der Waals surface area contributed by atoms with Crippen molar-refractivity contribution in [1.82, 2.24) is 14.9 Å². The fourth-order valence-corrected chi connectivity index (χ4v) is 3.67. The first-order valence-electron chi connectivity index (χ1n) is 9.12. The number of rotatable bonds is 4. The van der Waals surface area contributed by atoms with Gasteiger partial charge in [-0.05, 0) is 57.7 Å². The van der Waals surface area contributed by atoms with Gasteiger partial charge in [-0.25, -0.2) is 4.79 Å². The van der Waals surface area contributed by atoms with Crippen LogP contribution in [0.25, 0.3) is 0 Å². The lowest BCUT2D eigenvalue weighted by atomic mass is 9.98. The van der Waals surface area contributed by atoms with Gasteiger partial charge in [0.25, 0.3) is 5.91 Å². The van der Waals surface area contributed by atoms with Gasteiger partial charge < -0.3 is 14.6 Å².